The molecule has 3 aromatic rings. The van der Waals surface area contributed by atoms with Gasteiger partial charge in [-0.1, -0.05) is 43.2 Å². The monoisotopic (exact) mass is 471 g/mol. The van der Waals surface area contributed by atoms with Crippen molar-refractivity contribution in [2.45, 2.75) is 49.6 Å². The van der Waals surface area contributed by atoms with Crippen molar-refractivity contribution in [2.24, 2.45) is 14.1 Å². The molecular formula is C23H26FN5O3S. The average molecular weight is 472 g/mol. The fraction of sp³-hybridized carbons (Fsp3) is 0.435. The molecule has 1 amide bonds. The number of carbonyl (C=O) groups is 1. The fourth-order valence-electron chi connectivity index (χ4n) is 4.08. The summed E-state index contributed by atoms with van der Waals surface area (Å²) in [6.07, 6.45) is 5.30. The second-order valence-electron chi connectivity index (χ2n) is 8.32. The summed E-state index contributed by atoms with van der Waals surface area (Å²) >= 11 is 1.16. The van der Waals surface area contributed by atoms with Crippen molar-refractivity contribution >= 4 is 28.7 Å². The molecule has 0 radical (unpaired) electrons. The van der Waals surface area contributed by atoms with Gasteiger partial charge in [-0.3, -0.25) is 18.7 Å². The molecule has 1 saturated carbocycles. The van der Waals surface area contributed by atoms with Crippen molar-refractivity contribution in [1.82, 2.24) is 24.4 Å². The van der Waals surface area contributed by atoms with Crippen molar-refractivity contribution < 1.29 is 9.18 Å². The Bertz CT molecular complexity index is 1300. The number of halogens is 1. The number of aromatic nitrogens is 4. The van der Waals surface area contributed by atoms with E-state index in [4.69, 9.17) is 4.98 Å². The van der Waals surface area contributed by atoms with Gasteiger partial charge in [-0.05, 0) is 30.5 Å². The molecule has 1 aliphatic rings. The van der Waals surface area contributed by atoms with Gasteiger partial charge in [0.15, 0.2) is 5.65 Å². The second kappa shape index (κ2) is 9.86. The minimum absolute atomic E-state index is 0.0450. The smallest absolute Gasteiger partial charge is 0.332 e. The third kappa shape index (κ3) is 5.00. The number of amides is 1. The van der Waals surface area contributed by atoms with Gasteiger partial charge in [0, 0.05) is 26.6 Å². The lowest BCUT2D eigenvalue weighted by Gasteiger charge is -2.21. The molecule has 1 aliphatic carbocycles. The first-order valence-corrected chi connectivity index (χ1v) is 12.0. The Morgan fingerprint density at radius 1 is 1.09 bits per heavy atom. The minimum Gasteiger partial charge on any atom is -0.351 e. The Morgan fingerprint density at radius 3 is 2.48 bits per heavy atom. The van der Waals surface area contributed by atoms with E-state index in [2.05, 4.69) is 10.3 Å². The summed E-state index contributed by atoms with van der Waals surface area (Å²) in [5.41, 5.74) is 0.157. The molecule has 1 fully saturated rings. The molecule has 10 heteroatoms. The molecule has 0 saturated heterocycles. The second-order valence-corrected chi connectivity index (χ2v) is 9.28. The SMILES string of the molecule is Cn1c(=O)c2c(SCC(=O)NCc3ccc(F)cc3)nc(C3CCCCC3)nc2n(C)c1=O. The van der Waals surface area contributed by atoms with Crippen molar-refractivity contribution in [3.8, 4) is 0 Å². The van der Waals surface area contributed by atoms with Gasteiger partial charge in [0.25, 0.3) is 5.56 Å². The summed E-state index contributed by atoms with van der Waals surface area (Å²) in [5.74, 6) is 0.273. The Hall–Kier alpha value is -3.01. The topological polar surface area (TPSA) is 98.9 Å². The maximum atomic E-state index is 13.1. The van der Waals surface area contributed by atoms with Crippen LogP contribution in [0.5, 0.6) is 0 Å². The van der Waals surface area contributed by atoms with Crippen LogP contribution >= 0.6 is 11.8 Å². The number of benzene rings is 1. The Balaban J connectivity index is 1.61. The van der Waals surface area contributed by atoms with E-state index in [-0.39, 0.29) is 35.3 Å². The largest absolute Gasteiger partial charge is 0.351 e. The van der Waals surface area contributed by atoms with Gasteiger partial charge < -0.3 is 5.32 Å². The zero-order valence-electron chi connectivity index (χ0n) is 18.6. The molecule has 2 aromatic heterocycles. The molecule has 0 atom stereocenters. The van der Waals surface area contributed by atoms with Crippen molar-refractivity contribution in [3.63, 3.8) is 0 Å². The van der Waals surface area contributed by atoms with Crippen LogP contribution in [0.1, 0.15) is 49.4 Å². The maximum Gasteiger partial charge on any atom is 0.332 e. The summed E-state index contributed by atoms with van der Waals surface area (Å²) in [6, 6.07) is 5.91. The quantitative estimate of drug-likeness (QED) is 0.438. The van der Waals surface area contributed by atoms with Gasteiger partial charge in [-0.25, -0.2) is 19.2 Å². The van der Waals surface area contributed by atoms with Crippen LogP contribution in [0.2, 0.25) is 0 Å². The van der Waals surface area contributed by atoms with Crippen LogP contribution < -0.4 is 16.6 Å². The number of hydrogen-bond donors (Lipinski definition) is 1. The first-order chi connectivity index (χ1) is 15.8. The number of thioether (sulfide) groups is 1. The summed E-state index contributed by atoms with van der Waals surface area (Å²) in [4.78, 5) is 47.2. The average Bonchev–Trinajstić information content (AvgIpc) is 2.84. The van der Waals surface area contributed by atoms with E-state index in [1.54, 1.807) is 19.2 Å². The number of fused-ring (bicyclic) bond motifs is 1. The first kappa shape index (κ1) is 23.2. The van der Waals surface area contributed by atoms with E-state index in [1.165, 1.54) is 30.2 Å². The molecule has 8 nitrogen and oxygen atoms in total. The first-order valence-electron chi connectivity index (χ1n) is 11.0. The van der Waals surface area contributed by atoms with Crippen LogP contribution in [-0.2, 0) is 25.4 Å². The number of rotatable bonds is 6. The standard InChI is InChI=1S/C23H26FN5O3S/c1-28-20-18(22(31)29(2)23(28)32)21(27-19(26-20)15-6-4-3-5-7-15)33-13-17(30)25-12-14-8-10-16(24)11-9-14/h8-11,15H,3-7,12-13H2,1-2H3,(H,25,30). The highest BCUT2D eigenvalue weighted by Gasteiger charge is 2.23. The van der Waals surface area contributed by atoms with E-state index >= 15 is 0 Å². The predicted octanol–water partition coefficient (Wildman–Crippen LogP) is 2.62. The van der Waals surface area contributed by atoms with Crippen LogP contribution in [0.3, 0.4) is 0 Å². The Labute approximate surface area is 194 Å². The van der Waals surface area contributed by atoms with E-state index in [0.29, 0.717) is 16.5 Å². The van der Waals surface area contributed by atoms with Crippen LogP contribution in [-0.4, -0.2) is 30.8 Å². The third-order valence-corrected chi connectivity index (χ3v) is 6.97. The number of aryl methyl sites for hydroxylation is 1. The van der Waals surface area contributed by atoms with Crippen molar-refractivity contribution in [3.05, 3.63) is 62.3 Å². The molecule has 0 spiro atoms. The lowest BCUT2D eigenvalue weighted by atomic mass is 9.89. The third-order valence-electron chi connectivity index (χ3n) is 6.00. The summed E-state index contributed by atoms with van der Waals surface area (Å²) in [5, 5.41) is 3.45. The Kier molecular flexibility index (Phi) is 6.92. The normalized spacial score (nSPS) is 14.5. The van der Waals surface area contributed by atoms with Gasteiger partial charge in [0.05, 0.1) is 5.75 Å². The van der Waals surface area contributed by atoms with Gasteiger partial charge in [-0.15, -0.1) is 0 Å². The summed E-state index contributed by atoms with van der Waals surface area (Å²) < 4.78 is 15.4. The zero-order valence-corrected chi connectivity index (χ0v) is 19.5. The fourth-order valence-corrected chi connectivity index (χ4v) is 4.93. The highest BCUT2D eigenvalue weighted by atomic mass is 32.2. The molecule has 33 heavy (non-hydrogen) atoms. The lowest BCUT2D eigenvalue weighted by molar-refractivity contribution is -0.118. The van der Waals surface area contributed by atoms with Gasteiger partial charge in [0.2, 0.25) is 5.91 Å². The van der Waals surface area contributed by atoms with E-state index in [0.717, 1.165) is 47.6 Å². The van der Waals surface area contributed by atoms with E-state index < -0.39 is 11.2 Å². The van der Waals surface area contributed by atoms with Gasteiger partial charge in [0.1, 0.15) is 22.1 Å². The molecule has 0 bridgehead atoms. The predicted molar refractivity (Wildman–Crippen MR) is 125 cm³/mol. The molecule has 174 valence electrons. The lowest BCUT2D eigenvalue weighted by Crippen LogP contribution is -2.38. The van der Waals surface area contributed by atoms with Crippen LogP contribution in [0.15, 0.2) is 38.9 Å². The molecule has 0 unspecified atom stereocenters. The van der Waals surface area contributed by atoms with E-state index in [9.17, 15) is 18.8 Å². The molecule has 1 N–H and O–H groups in total. The molecule has 4 rings (SSSR count). The molecule has 2 heterocycles. The number of hydrogen-bond acceptors (Lipinski definition) is 6. The number of nitrogens with zero attached hydrogens (tertiary/aromatic N) is 4. The molecule has 1 aromatic carbocycles. The summed E-state index contributed by atoms with van der Waals surface area (Å²) in [6.45, 7) is 0.272. The molecular weight excluding hydrogens is 445 g/mol. The summed E-state index contributed by atoms with van der Waals surface area (Å²) in [7, 11) is 3.01. The van der Waals surface area contributed by atoms with Crippen LogP contribution in [0.4, 0.5) is 4.39 Å². The zero-order chi connectivity index (χ0) is 23.5. The van der Waals surface area contributed by atoms with E-state index in [1.807, 2.05) is 0 Å². The maximum absolute atomic E-state index is 13.1. The van der Waals surface area contributed by atoms with Gasteiger partial charge in [-0.2, -0.15) is 0 Å². The van der Waals surface area contributed by atoms with Crippen LogP contribution in [0, 0.1) is 5.82 Å². The van der Waals surface area contributed by atoms with Crippen molar-refractivity contribution in [2.75, 3.05) is 5.75 Å². The highest BCUT2D eigenvalue weighted by molar-refractivity contribution is 8.00. The molecule has 0 aliphatic heterocycles. The minimum atomic E-state index is -0.475. The van der Waals surface area contributed by atoms with Crippen LogP contribution in [0.25, 0.3) is 11.0 Å². The Morgan fingerprint density at radius 2 is 1.79 bits per heavy atom. The number of nitrogens with one attached hydrogen (secondary N) is 1. The van der Waals surface area contributed by atoms with Crippen molar-refractivity contribution in [1.29, 1.82) is 0 Å². The number of carbonyl (C=O) groups excluding carboxylic acids is 1. The highest BCUT2D eigenvalue weighted by Crippen LogP contribution is 2.33. The van der Waals surface area contributed by atoms with Gasteiger partial charge >= 0.3 is 5.69 Å².